The lowest BCUT2D eigenvalue weighted by Crippen LogP contribution is -2.36. The van der Waals surface area contributed by atoms with Gasteiger partial charge in [0, 0.05) is 0 Å². The summed E-state index contributed by atoms with van der Waals surface area (Å²) in [6.45, 7) is 1.72. The first-order valence-electron chi connectivity index (χ1n) is 7.07. The Morgan fingerprint density at radius 1 is 1.25 bits per heavy atom. The van der Waals surface area contributed by atoms with Gasteiger partial charge in [-0.3, -0.25) is 9.52 Å². The van der Waals surface area contributed by atoms with Crippen LogP contribution < -0.4 is 4.72 Å². The molecular weight excluding hydrogens is 274 g/mol. The Kier molecular flexibility index (Phi) is 4.81. The fraction of sp³-hybridized carbons (Fsp3) is 0.533. The number of benzene rings is 1. The van der Waals surface area contributed by atoms with E-state index in [-0.39, 0.29) is 11.7 Å². The van der Waals surface area contributed by atoms with Gasteiger partial charge in [0.15, 0.2) is 0 Å². The van der Waals surface area contributed by atoms with E-state index in [1.807, 2.05) is 30.3 Å². The molecule has 110 valence electrons. The molecule has 0 unspecified atom stereocenters. The SMILES string of the molecule is C[C@@H](C(=O)NS(=O)(=O)CC1CCCC1)c1ccccc1. The summed E-state index contributed by atoms with van der Waals surface area (Å²) in [4.78, 5) is 12.0. The molecule has 0 heterocycles. The second-order valence-electron chi connectivity index (χ2n) is 5.53. The van der Waals surface area contributed by atoms with Crippen molar-refractivity contribution < 1.29 is 13.2 Å². The number of carbonyl (C=O) groups excluding carboxylic acids is 1. The Morgan fingerprint density at radius 3 is 2.45 bits per heavy atom. The summed E-state index contributed by atoms with van der Waals surface area (Å²) in [6.07, 6.45) is 4.08. The molecule has 1 saturated carbocycles. The fourth-order valence-corrected chi connectivity index (χ4v) is 4.18. The summed E-state index contributed by atoms with van der Waals surface area (Å²) >= 11 is 0. The van der Waals surface area contributed by atoms with Crippen LogP contribution in [0.3, 0.4) is 0 Å². The molecule has 1 atom stereocenters. The minimum atomic E-state index is -3.52. The summed E-state index contributed by atoms with van der Waals surface area (Å²) in [5, 5.41) is 0. The number of nitrogens with one attached hydrogen (secondary N) is 1. The van der Waals surface area contributed by atoms with Crippen molar-refractivity contribution >= 4 is 15.9 Å². The van der Waals surface area contributed by atoms with Crippen LogP contribution in [0.5, 0.6) is 0 Å². The normalized spacial score (nSPS) is 17.9. The van der Waals surface area contributed by atoms with E-state index in [0.29, 0.717) is 0 Å². The van der Waals surface area contributed by atoms with Crippen molar-refractivity contribution in [2.45, 2.75) is 38.5 Å². The highest BCUT2D eigenvalue weighted by Crippen LogP contribution is 2.26. The third kappa shape index (κ3) is 4.07. The third-order valence-electron chi connectivity index (χ3n) is 3.88. The van der Waals surface area contributed by atoms with E-state index in [2.05, 4.69) is 4.72 Å². The van der Waals surface area contributed by atoms with Crippen LogP contribution in [0, 0.1) is 5.92 Å². The molecule has 1 fully saturated rings. The first kappa shape index (κ1) is 15.0. The molecule has 5 heteroatoms. The predicted molar refractivity (Wildman–Crippen MR) is 78.7 cm³/mol. The van der Waals surface area contributed by atoms with Crippen LogP contribution in [-0.4, -0.2) is 20.1 Å². The van der Waals surface area contributed by atoms with Crippen molar-refractivity contribution in [3.63, 3.8) is 0 Å². The summed E-state index contributed by atoms with van der Waals surface area (Å²) < 4.78 is 26.2. The molecule has 1 aromatic rings. The largest absolute Gasteiger partial charge is 0.273 e. The van der Waals surface area contributed by atoms with E-state index in [4.69, 9.17) is 0 Å². The molecule has 0 aromatic heterocycles. The highest BCUT2D eigenvalue weighted by Gasteiger charge is 2.26. The van der Waals surface area contributed by atoms with Gasteiger partial charge in [-0.1, -0.05) is 43.2 Å². The van der Waals surface area contributed by atoms with Crippen LogP contribution in [0.15, 0.2) is 30.3 Å². The minimum Gasteiger partial charge on any atom is -0.273 e. The Hall–Kier alpha value is -1.36. The van der Waals surface area contributed by atoms with Gasteiger partial charge in [-0.2, -0.15) is 0 Å². The second-order valence-corrected chi connectivity index (χ2v) is 7.30. The molecule has 0 saturated heterocycles. The molecule has 1 N–H and O–H groups in total. The number of carbonyl (C=O) groups is 1. The van der Waals surface area contributed by atoms with Crippen LogP contribution in [0.4, 0.5) is 0 Å². The molecule has 20 heavy (non-hydrogen) atoms. The zero-order valence-corrected chi connectivity index (χ0v) is 12.5. The molecule has 0 spiro atoms. The standard InChI is InChI=1S/C15H21NO3S/c1-12(14-9-3-2-4-10-14)15(17)16-20(18,19)11-13-7-5-6-8-13/h2-4,9-10,12-13H,5-8,11H2,1H3,(H,16,17)/t12-/m1/s1. The van der Waals surface area contributed by atoms with Gasteiger partial charge in [0.25, 0.3) is 0 Å². The van der Waals surface area contributed by atoms with Gasteiger partial charge in [0.2, 0.25) is 15.9 Å². The topological polar surface area (TPSA) is 63.2 Å². The average molecular weight is 295 g/mol. The lowest BCUT2D eigenvalue weighted by atomic mass is 10.0. The molecule has 0 radical (unpaired) electrons. The molecule has 4 nitrogen and oxygen atoms in total. The van der Waals surface area contributed by atoms with Gasteiger partial charge >= 0.3 is 0 Å². The fourth-order valence-electron chi connectivity index (χ4n) is 2.66. The number of sulfonamides is 1. The lowest BCUT2D eigenvalue weighted by Gasteiger charge is -2.14. The molecule has 1 amide bonds. The van der Waals surface area contributed by atoms with Crippen molar-refractivity contribution in [1.82, 2.24) is 4.72 Å². The van der Waals surface area contributed by atoms with Gasteiger partial charge in [-0.05, 0) is 31.2 Å². The maximum atomic E-state index is 12.0. The van der Waals surface area contributed by atoms with Crippen molar-refractivity contribution in [2.24, 2.45) is 5.92 Å². The first-order valence-corrected chi connectivity index (χ1v) is 8.72. The average Bonchev–Trinajstić information content (AvgIpc) is 2.90. The zero-order valence-electron chi connectivity index (χ0n) is 11.7. The van der Waals surface area contributed by atoms with Crippen molar-refractivity contribution in [3.8, 4) is 0 Å². The summed E-state index contributed by atoms with van der Waals surface area (Å²) in [7, 11) is -3.52. The summed E-state index contributed by atoms with van der Waals surface area (Å²) in [6, 6.07) is 9.20. The van der Waals surface area contributed by atoms with E-state index in [9.17, 15) is 13.2 Å². The zero-order chi connectivity index (χ0) is 14.6. The predicted octanol–water partition coefficient (Wildman–Crippen LogP) is 2.43. The molecule has 1 aliphatic carbocycles. The van der Waals surface area contributed by atoms with Gasteiger partial charge in [-0.15, -0.1) is 0 Å². The minimum absolute atomic E-state index is 0.0697. The van der Waals surface area contributed by atoms with Gasteiger partial charge in [-0.25, -0.2) is 8.42 Å². The van der Waals surface area contributed by atoms with Crippen molar-refractivity contribution in [1.29, 1.82) is 0 Å². The maximum Gasteiger partial charge on any atom is 0.240 e. The number of amides is 1. The van der Waals surface area contributed by atoms with E-state index in [1.165, 1.54) is 0 Å². The monoisotopic (exact) mass is 295 g/mol. The van der Waals surface area contributed by atoms with Gasteiger partial charge in [0.1, 0.15) is 0 Å². The van der Waals surface area contributed by atoms with E-state index in [0.717, 1.165) is 31.2 Å². The van der Waals surface area contributed by atoms with Crippen LogP contribution in [-0.2, 0) is 14.8 Å². The Bertz CT molecular complexity index is 548. The smallest absolute Gasteiger partial charge is 0.240 e. The first-order chi connectivity index (χ1) is 9.48. The molecule has 1 aliphatic rings. The molecule has 2 rings (SSSR count). The number of rotatable bonds is 5. The third-order valence-corrected chi connectivity index (χ3v) is 5.30. The number of hydrogen-bond acceptors (Lipinski definition) is 3. The Labute approximate surface area is 120 Å². The molecular formula is C15H21NO3S. The van der Waals surface area contributed by atoms with Crippen LogP contribution in [0.25, 0.3) is 0 Å². The molecule has 1 aromatic carbocycles. The van der Waals surface area contributed by atoms with E-state index >= 15 is 0 Å². The highest BCUT2D eigenvalue weighted by atomic mass is 32.2. The quantitative estimate of drug-likeness (QED) is 0.907. The molecule has 0 aliphatic heterocycles. The maximum absolute atomic E-state index is 12.0. The van der Waals surface area contributed by atoms with E-state index < -0.39 is 21.8 Å². The Balaban J connectivity index is 1.96. The Morgan fingerprint density at radius 2 is 1.85 bits per heavy atom. The van der Waals surface area contributed by atoms with Crippen LogP contribution in [0.1, 0.15) is 44.1 Å². The second kappa shape index (κ2) is 6.39. The van der Waals surface area contributed by atoms with Crippen LogP contribution in [0.2, 0.25) is 0 Å². The van der Waals surface area contributed by atoms with Crippen LogP contribution >= 0.6 is 0 Å². The number of hydrogen-bond donors (Lipinski definition) is 1. The van der Waals surface area contributed by atoms with Gasteiger partial charge < -0.3 is 0 Å². The van der Waals surface area contributed by atoms with Gasteiger partial charge in [0.05, 0.1) is 11.7 Å². The summed E-state index contributed by atoms with van der Waals surface area (Å²) in [5.74, 6) is -0.642. The molecule has 0 bridgehead atoms. The summed E-state index contributed by atoms with van der Waals surface area (Å²) in [5.41, 5.74) is 0.820. The lowest BCUT2D eigenvalue weighted by molar-refractivity contribution is -0.120. The highest BCUT2D eigenvalue weighted by molar-refractivity contribution is 7.90. The van der Waals surface area contributed by atoms with Crippen molar-refractivity contribution in [2.75, 3.05) is 5.75 Å². The van der Waals surface area contributed by atoms with E-state index in [1.54, 1.807) is 6.92 Å². The van der Waals surface area contributed by atoms with Crippen molar-refractivity contribution in [3.05, 3.63) is 35.9 Å².